The molecule has 0 fully saturated rings. The Labute approximate surface area is 155 Å². The number of hydrogen-bond donors (Lipinski definition) is 3. The second-order valence-electron chi connectivity index (χ2n) is 5.94. The van der Waals surface area contributed by atoms with Crippen molar-refractivity contribution in [3.8, 4) is 0 Å². The predicted octanol–water partition coefficient (Wildman–Crippen LogP) is 3.32. The van der Waals surface area contributed by atoms with Crippen LogP contribution < -0.4 is 16.0 Å². The van der Waals surface area contributed by atoms with E-state index in [0.29, 0.717) is 23.5 Å². The second-order valence-corrected chi connectivity index (χ2v) is 6.72. The van der Waals surface area contributed by atoms with Gasteiger partial charge in [-0.3, -0.25) is 14.9 Å². The first-order valence-corrected chi connectivity index (χ1v) is 9.02. The van der Waals surface area contributed by atoms with Gasteiger partial charge in [-0.2, -0.15) is 11.3 Å². The lowest BCUT2D eigenvalue weighted by atomic mass is 10.2. The zero-order valence-electron chi connectivity index (χ0n) is 14.6. The Morgan fingerprint density at radius 1 is 1.12 bits per heavy atom. The van der Waals surface area contributed by atoms with Gasteiger partial charge in [-0.05, 0) is 35.6 Å². The highest BCUT2D eigenvalue weighted by Gasteiger charge is 2.09. The maximum absolute atomic E-state index is 12.0. The smallest absolute Gasteiger partial charge is 0.411 e. The van der Waals surface area contributed by atoms with Crippen LogP contribution in [-0.4, -0.2) is 31.1 Å². The lowest BCUT2D eigenvalue weighted by Crippen LogP contribution is -2.32. The van der Waals surface area contributed by atoms with Gasteiger partial charge < -0.3 is 15.4 Å². The first-order chi connectivity index (χ1) is 12.4. The maximum Gasteiger partial charge on any atom is 0.411 e. The van der Waals surface area contributed by atoms with Gasteiger partial charge in [-0.1, -0.05) is 19.9 Å². The third-order valence-electron chi connectivity index (χ3n) is 3.13. The number of benzene rings is 1. The van der Waals surface area contributed by atoms with E-state index in [1.165, 1.54) is 11.3 Å². The predicted molar refractivity (Wildman–Crippen MR) is 102 cm³/mol. The Morgan fingerprint density at radius 2 is 1.85 bits per heavy atom. The normalized spacial score (nSPS) is 10.3. The SMILES string of the molecule is CC(C)COC(=O)Nc1cccc(NC(=O)CNC(=O)c2ccsc2)c1. The molecule has 0 aliphatic carbocycles. The number of amides is 3. The summed E-state index contributed by atoms with van der Waals surface area (Å²) in [6.07, 6.45) is -0.551. The van der Waals surface area contributed by atoms with E-state index in [4.69, 9.17) is 4.74 Å². The number of thiophene rings is 1. The molecule has 2 rings (SSSR count). The third-order valence-corrected chi connectivity index (χ3v) is 3.82. The molecule has 3 N–H and O–H groups in total. The van der Waals surface area contributed by atoms with E-state index >= 15 is 0 Å². The number of carbonyl (C=O) groups is 3. The molecule has 0 unspecified atom stereocenters. The summed E-state index contributed by atoms with van der Waals surface area (Å²) in [5.41, 5.74) is 1.52. The largest absolute Gasteiger partial charge is 0.449 e. The number of nitrogens with one attached hydrogen (secondary N) is 3. The van der Waals surface area contributed by atoms with Crippen molar-refractivity contribution in [3.05, 3.63) is 46.7 Å². The van der Waals surface area contributed by atoms with Gasteiger partial charge in [0.2, 0.25) is 5.91 Å². The lowest BCUT2D eigenvalue weighted by molar-refractivity contribution is -0.115. The number of rotatable bonds is 7. The summed E-state index contributed by atoms with van der Waals surface area (Å²) in [6, 6.07) is 8.35. The molecule has 0 bridgehead atoms. The summed E-state index contributed by atoms with van der Waals surface area (Å²) in [5.74, 6) is -0.423. The summed E-state index contributed by atoms with van der Waals surface area (Å²) in [5, 5.41) is 11.3. The van der Waals surface area contributed by atoms with Crippen molar-refractivity contribution in [2.45, 2.75) is 13.8 Å². The molecular weight excluding hydrogens is 354 g/mol. The van der Waals surface area contributed by atoms with Gasteiger partial charge in [0.25, 0.3) is 5.91 Å². The average molecular weight is 375 g/mol. The van der Waals surface area contributed by atoms with Crippen LogP contribution in [0, 0.1) is 5.92 Å². The molecule has 0 aliphatic rings. The molecule has 138 valence electrons. The Morgan fingerprint density at radius 3 is 2.50 bits per heavy atom. The van der Waals surface area contributed by atoms with Crippen molar-refractivity contribution in [1.29, 1.82) is 0 Å². The Kier molecular flexibility index (Phi) is 7.16. The van der Waals surface area contributed by atoms with Crippen LogP contribution in [0.2, 0.25) is 0 Å². The summed E-state index contributed by atoms with van der Waals surface area (Å²) < 4.78 is 5.04. The molecule has 1 aromatic heterocycles. The number of carbonyl (C=O) groups excluding carboxylic acids is 3. The van der Waals surface area contributed by atoms with Crippen LogP contribution in [0.5, 0.6) is 0 Å². The summed E-state index contributed by atoms with van der Waals surface area (Å²) in [6.45, 7) is 4.07. The molecule has 0 aliphatic heterocycles. The van der Waals surface area contributed by atoms with E-state index in [0.717, 1.165) is 0 Å². The zero-order chi connectivity index (χ0) is 18.9. The quantitative estimate of drug-likeness (QED) is 0.692. The molecule has 8 heteroatoms. The van der Waals surface area contributed by atoms with Gasteiger partial charge in [0.05, 0.1) is 13.2 Å². The van der Waals surface area contributed by atoms with E-state index in [2.05, 4.69) is 16.0 Å². The Bertz CT molecular complexity index is 760. The fourth-order valence-electron chi connectivity index (χ4n) is 1.93. The highest BCUT2D eigenvalue weighted by molar-refractivity contribution is 7.08. The molecule has 1 aromatic carbocycles. The van der Waals surface area contributed by atoms with Gasteiger partial charge in [0.1, 0.15) is 0 Å². The van der Waals surface area contributed by atoms with Crippen LogP contribution in [0.4, 0.5) is 16.2 Å². The van der Waals surface area contributed by atoms with Crippen LogP contribution in [0.15, 0.2) is 41.1 Å². The monoisotopic (exact) mass is 375 g/mol. The van der Waals surface area contributed by atoms with Crippen molar-refractivity contribution in [3.63, 3.8) is 0 Å². The van der Waals surface area contributed by atoms with Gasteiger partial charge in [0.15, 0.2) is 0 Å². The molecule has 0 atom stereocenters. The highest BCUT2D eigenvalue weighted by Crippen LogP contribution is 2.15. The van der Waals surface area contributed by atoms with Gasteiger partial charge in [-0.15, -0.1) is 0 Å². The Balaban J connectivity index is 1.82. The fourth-order valence-corrected chi connectivity index (χ4v) is 2.57. The molecule has 0 radical (unpaired) electrons. The number of anilines is 2. The summed E-state index contributed by atoms with van der Waals surface area (Å²) in [7, 11) is 0. The zero-order valence-corrected chi connectivity index (χ0v) is 15.4. The highest BCUT2D eigenvalue weighted by atomic mass is 32.1. The number of ether oxygens (including phenoxy) is 1. The molecule has 0 saturated heterocycles. The fraction of sp³-hybridized carbons (Fsp3) is 0.278. The van der Waals surface area contributed by atoms with Crippen LogP contribution in [0.3, 0.4) is 0 Å². The summed E-state index contributed by atoms with van der Waals surface area (Å²) in [4.78, 5) is 35.4. The maximum atomic E-state index is 12.0. The molecule has 3 amide bonds. The topological polar surface area (TPSA) is 96.5 Å². The minimum absolute atomic E-state index is 0.150. The molecule has 26 heavy (non-hydrogen) atoms. The van der Waals surface area contributed by atoms with Crippen LogP contribution in [0.25, 0.3) is 0 Å². The van der Waals surface area contributed by atoms with Crippen molar-refractivity contribution in [2.75, 3.05) is 23.8 Å². The van der Waals surface area contributed by atoms with Crippen molar-refractivity contribution in [2.24, 2.45) is 5.92 Å². The van der Waals surface area contributed by atoms with E-state index in [1.54, 1.807) is 41.1 Å². The first kappa shape index (κ1) is 19.5. The standard InChI is InChI=1S/C18H21N3O4S/c1-12(2)10-25-18(24)21-15-5-3-4-14(8-15)20-16(22)9-19-17(23)13-6-7-26-11-13/h3-8,11-12H,9-10H2,1-2H3,(H,19,23)(H,20,22)(H,21,24). The van der Waals surface area contributed by atoms with E-state index in [9.17, 15) is 14.4 Å². The van der Waals surface area contributed by atoms with Crippen LogP contribution in [0.1, 0.15) is 24.2 Å². The molecular formula is C18H21N3O4S. The average Bonchev–Trinajstić information content (AvgIpc) is 3.13. The van der Waals surface area contributed by atoms with E-state index in [-0.39, 0.29) is 24.3 Å². The van der Waals surface area contributed by atoms with Gasteiger partial charge in [-0.25, -0.2) is 4.79 Å². The molecule has 0 spiro atoms. The van der Waals surface area contributed by atoms with Crippen molar-refractivity contribution < 1.29 is 19.1 Å². The van der Waals surface area contributed by atoms with E-state index < -0.39 is 6.09 Å². The Hall–Kier alpha value is -2.87. The lowest BCUT2D eigenvalue weighted by Gasteiger charge is -2.10. The molecule has 7 nitrogen and oxygen atoms in total. The van der Waals surface area contributed by atoms with Crippen molar-refractivity contribution >= 4 is 40.6 Å². The number of hydrogen-bond acceptors (Lipinski definition) is 5. The third kappa shape index (κ3) is 6.56. The van der Waals surface area contributed by atoms with Crippen LogP contribution >= 0.6 is 11.3 Å². The van der Waals surface area contributed by atoms with Gasteiger partial charge >= 0.3 is 6.09 Å². The minimum atomic E-state index is -0.551. The molecule has 1 heterocycles. The molecule has 2 aromatic rings. The van der Waals surface area contributed by atoms with Crippen molar-refractivity contribution in [1.82, 2.24) is 5.32 Å². The van der Waals surface area contributed by atoms with E-state index in [1.807, 2.05) is 13.8 Å². The second kappa shape index (κ2) is 9.57. The van der Waals surface area contributed by atoms with Crippen LogP contribution in [-0.2, 0) is 9.53 Å². The molecule has 0 saturated carbocycles. The van der Waals surface area contributed by atoms with Gasteiger partial charge in [0, 0.05) is 22.3 Å². The minimum Gasteiger partial charge on any atom is -0.449 e. The summed E-state index contributed by atoms with van der Waals surface area (Å²) >= 11 is 1.41. The first-order valence-electron chi connectivity index (χ1n) is 8.08.